The Kier molecular flexibility index (Phi) is 6.66. The molecule has 2 amide bonds. The number of aromatic nitrogens is 1. The highest BCUT2D eigenvalue weighted by Crippen LogP contribution is 2.21. The van der Waals surface area contributed by atoms with Crippen LogP contribution in [0, 0.1) is 12.8 Å². The molecule has 1 aliphatic heterocycles. The number of carbonyl (C=O) groups excluding carboxylic acids is 3. The number of nitrogens with zero attached hydrogens (tertiary/aromatic N) is 2. The van der Waals surface area contributed by atoms with Gasteiger partial charge in [0, 0.05) is 36.6 Å². The van der Waals surface area contributed by atoms with E-state index in [-0.39, 0.29) is 35.8 Å². The number of aryl methyl sites for hydroxylation is 1. The summed E-state index contributed by atoms with van der Waals surface area (Å²) in [5.41, 5.74) is 1.70. The number of anilines is 1. The number of amides is 2. The Labute approximate surface area is 174 Å². The lowest BCUT2D eigenvalue weighted by molar-refractivity contribution is -0.146. The molecule has 0 saturated carbocycles. The maximum Gasteiger partial charge on any atom is 0.308 e. The van der Waals surface area contributed by atoms with Gasteiger partial charge in [-0.25, -0.2) is 0 Å². The minimum Gasteiger partial charge on any atom is -0.469 e. The standard InChI is InChI=1S/C22H25N3O5/c1-15-3-8-20(27)25(13-15)14-19(26)23-18-6-4-16(5-7-18)21(28)24-11-9-17(10-12-24)22(29)30-2/h3-8,13,17H,9-12,14H2,1-2H3,(H,23,26). The Morgan fingerprint density at radius 3 is 2.37 bits per heavy atom. The molecular weight excluding hydrogens is 386 g/mol. The topological polar surface area (TPSA) is 97.7 Å². The summed E-state index contributed by atoms with van der Waals surface area (Å²) in [6.07, 6.45) is 2.81. The highest BCUT2D eigenvalue weighted by molar-refractivity contribution is 5.96. The molecular formula is C22H25N3O5. The van der Waals surface area contributed by atoms with Crippen molar-refractivity contribution in [3.63, 3.8) is 0 Å². The number of hydrogen-bond acceptors (Lipinski definition) is 5. The molecule has 0 unspecified atom stereocenters. The van der Waals surface area contributed by atoms with Gasteiger partial charge < -0.3 is 19.5 Å². The van der Waals surface area contributed by atoms with Crippen molar-refractivity contribution < 1.29 is 19.1 Å². The smallest absolute Gasteiger partial charge is 0.308 e. The molecule has 1 saturated heterocycles. The number of hydrogen-bond donors (Lipinski definition) is 1. The minimum atomic E-state index is -0.327. The lowest BCUT2D eigenvalue weighted by Gasteiger charge is -2.30. The van der Waals surface area contributed by atoms with Crippen LogP contribution in [-0.4, -0.2) is 47.4 Å². The molecule has 2 aromatic rings. The number of benzene rings is 1. The number of carbonyl (C=O) groups is 3. The molecule has 30 heavy (non-hydrogen) atoms. The molecule has 2 heterocycles. The van der Waals surface area contributed by atoms with Crippen molar-refractivity contribution in [1.82, 2.24) is 9.47 Å². The molecule has 0 radical (unpaired) electrons. The zero-order valence-electron chi connectivity index (χ0n) is 17.1. The first kappa shape index (κ1) is 21.3. The van der Waals surface area contributed by atoms with Gasteiger partial charge in [0.05, 0.1) is 13.0 Å². The molecule has 1 N–H and O–H groups in total. The van der Waals surface area contributed by atoms with Crippen molar-refractivity contribution in [1.29, 1.82) is 0 Å². The fourth-order valence-electron chi connectivity index (χ4n) is 3.49. The van der Waals surface area contributed by atoms with E-state index in [0.29, 0.717) is 37.2 Å². The molecule has 0 bridgehead atoms. The number of rotatable bonds is 5. The van der Waals surface area contributed by atoms with Crippen LogP contribution in [0.25, 0.3) is 0 Å². The Morgan fingerprint density at radius 2 is 1.73 bits per heavy atom. The van der Waals surface area contributed by atoms with E-state index in [2.05, 4.69) is 5.32 Å². The molecule has 1 fully saturated rings. The first-order valence-corrected chi connectivity index (χ1v) is 9.81. The van der Waals surface area contributed by atoms with Gasteiger partial charge in [-0.15, -0.1) is 0 Å². The van der Waals surface area contributed by atoms with Crippen LogP contribution in [0.1, 0.15) is 28.8 Å². The van der Waals surface area contributed by atoms with Gasteiger partial charge >= 0.3 is 5.97 Å². The van der Waals surface area contributed by atoms with Gasteiger partial charge in [-0.3, -0.25) is 19.2 Å². The van der Waals surface area contributed by atoms with E-state index in [1.165, 1.54) is 17.7 Å². The molecule has 1 aliphatic rings. The lowest BCUT2D eigenvalue weighted by Crippen LogP contribution is -2.40. The SMILES string of the molecule is COC(=O)C1CCN(C(=O)c2ccc(NC(=O)Cn3cc(C)ccc3=O)cc2)CC1. The van der Waals surface area contributed by atoms with Crippen molar-refractivity contribution in [2.24, 2.45) is 5.92 Å². The molecule has 8 heteroatoms. The summed E-state index contributed by atoms with van der Waals surface area (Å²) in [5.74, 6) is -0.818. The van der Waals surface area contributed by atoms with Crippen molar-refractivity contribution in [2.45, 2.75) is 26.3 Å². The van der Waals surface area contributed by atoms with Gasteiger partial charge in [0.2, 0.25) is 5.91 Å². The maximum atomic E-state index is 12.7. The second kappa shape index (κ2) is 9.39. The molecule has 158 valence electrons. The summed E-state index contributed by atoms with van der Waals surface area (Å²) >= 11 is 0. The Hall–Kier alpha value is -3.42. The Balaban J connectivity index is 1.56. The first-order chi connectivity index (χ1) is 14.4. The number of piperidine rings is 1. The van der Waals surface area contributed by atoms with Crippen molar-refractivity contribution in [2.75, 3.05) is 25.5 Å². The van der Waals surface area contributed by atoms with E-state index >= 15 is 0 Å². The molecule has 0 aliphatic carbocycles. The van der Waals surface area contributed by atoms with Crippen LogP contribution in [0.2, 0.25) is 0 Å². The second-order valence-corrected chi connectivity index (χ2v) is 7.39. The molecule has 8 nitrogen and oxygen atoms in total. The third-order valence-electron chi connectivity index (χ3n) is 5.18. The van der Waals surface area contributed by atoms with Crippen LogP contribution in [0.4, 0.5) is 5.69 Å². The van der Waals surface area contributed by atoms with Gasteiger partial charge in [-0.1, -0.05) is 6.07 Å². The van der Waals surface area contributed by atoms with Crippen molar-refractivity contribution in [3.05, 3.63) is 64.1 Å². The maximum absolute atomic E-state index is 12.7. The normalized spacial score (nSPS) is 14.3. The van der Waals surface area contributed by atoms with Gasteiger partial charge in [0.1, 0.15) is 6.54 Å². The van der Waals surface area contributed by atoms with Gasteiger partial charge in [-0.2, -0.15) is 0 Å². The fourth-order valence-corrected chi connectivity index (χ4v) is 3.49. The van der Waals surface area contributed by atoms with Gasteiger partial charge in [-0.05, 0) is 49.6 Å². The number of methoxy groups -OCH3 is 1. The zero-order valence-corrected chi connectivity index (χ0v) is 17.1. The number of likely N-dealkylation sites (tertiary alicyclic amines) is 1. The summed E-state index contributed by atoms with van der Waals surface area (Å²) < 4.78 is 6.12. The minimum absolute atomic E-state index is 0.0870. The van der Waals surface area contributed by atoms with Crippen LogP contribution in [0.15, 0.2) is 47.4 Å². The third-order valence-corrected chi connectivity index (χ3v) is 5.18. The van der Waals surface area contributed by atoms with Crippen LogP contribution in [-0.2, 0) is 20.9 Å². The highest BCUT2D eigenvalue weighted by Gasteiger charge is 2.28. The van der Waals surface area contributed by atoms with E-state index in [4.69, 9.17) is 4.74 Å². The predicted octanol–water partition coefficient (Wildman–Crippen LogP) is 1.82. The lowest BCUT2D eigenvalue weighted by atomic mass is 9.96. The Morgan fingerprint density at radius 1 is 1.07 bits per heavy atom. The monoisotopic (exact) mass is 411 g/mol. The first-order valence-electron chi connectivity index (χ1n) is 9.81. The van der Waals surface area contributed by atoms with E-state index in [1.807, 2.05) is 6.92 Å². The third kappa shape index (κ3) is 5.14. The zero-order chi connectivity index (χ0) is 21.7. The predicted molar refractivity (Wildman–Crippen MR) is 111 cm³/mol. The number of pyridine rings is 1. The molecule has 1 aromatic carbocycles. The summed E-state index contributed by atoms with van der Waals surface area (Å²) in [5, 5.41) is 2.73. The van der Waals surface area contributed by atoms with Crippen LogP contribution < -0.4 is 10.9 Å². The molecule has 0 spiro atoms. The number of esters is 1. The molecule has 1 aromatic heterocycles. The number of ether oxygens (including phenoxy) is 1. The van der Waals surface area contributed by atoms with Crippen LogP contribution in [0.5, 0.6) is 0 Å². The van der Waals surface area contributed by atoms with Crippen LogP contribution >= 0.6 is 0 Å². The van der Waals surface area contributed by atoms with Crippen LogP contribution in [0.3, 0.4) is 0 Å². The summed E-state index contributed by atoms with van der Waals surface area (Å²) in [6, 6.07) is 9.75. The second-order valence-electron chi connectivity index (χ2n) is 7.39. The summed E-state index contributed by atoms with van der Waals surface area (Å²) in [4.78, 5) is 50.1. The quantitative estimate of drug-likeness (QED) is 0.757. The van der Waals surface area contributed by atoms with E-state index in [1.54, 1.807) is 41.4 Å². The largest absolute Gasteiger partial charge is 0.469 e. The summed E-state index contributed by atoms with van der Waals surface area (Å²) in [7, 11) is 1.37. The van der Waals surface area contributed by atoms with E-state index in [0.717, 1.165) is 5.56 Å². The van der Waals surface area contributed by atoms with Crippen molar-refractivity contribution >= 4 is 23.5 Å². The molecule has 0 atom stereocenters. The average Bonchev–Trinajstić information content (AvgIpc) is 2.76. The van der Waals surface area contributed by atoms with E-state index in [9.17, 15) is 19.2 Å². The van der Waals surface area contributed by atoms with E-state index < -0.39 is 0 Å². The van der Waals surface area contributed by atoms with Gasteiger partial charge in [0.25, 0.3) is 11.5 Å². The average molecular weight is 411 g/mol. The number of nitrogens with one attached hydrogen (secondary N) is 1. The summed E-state index contributed by atoms with van der Waals surface area (Å²) in [6.45, 7) is 2.77. The Bertz CT molecular complexity index is 989. The van der Waals surface area contributed by atoms with Gasteiger partial charge in [0.15, 0.2) is 0 Å². The molecule has 3 rings (SSSR count). The highest BCUT2D eigenvalue weighted by atomic mass is 16.5. The fraction of sp³-hybridized carbons (Fsp3) is 0.364. The van der Waals surface area contributed by atoms with Crippen molar-refractivity contribution in [3.8, 4) is 0 Å².